The highest BCUT2D eigenvalue weighted by atomic mass is 16.5. The smallest absolute Gasteiger partial charge is 0.352 e. The lowest BCUT2D eigenvalue weighted by Gasteiger charge is -2.17. The first-order valence-electron chi connectivity index (χ1n) is 7.12. The standard InChI is InChI=1S/C14H18N2O3.C2H7N/c1-8(2)19-9-5-11-10(13(6-9)16(3)4)7-12(15-11)14(17)18;1-3-2/h5-8,15H,1-4H3,(H,17,18);3H,1-2H3. The number of rotatable bonds is 4. The highest BCUT2D eigenvalue weighted by Crippen LogP contribution is 2.32. The van der Waals surface area contributed by atoms with Crippen LogP contribution in [0.15, 0.2) is 18.2 Å². The number of benzene rings is 1. The van der Waals surface area contributed by atoms with Gasteiger partial charge >= 0.3 is 5.97 Å². The average Bonchev–Trinajstić information content (AvgIpc) is 2.81. The second kappa shape index (κ2) is 7.70. The Balaban J connectivity index is 0.000000745. The number of carboxylic acids is 1. The van der Waals surface area contributed by atoms with Gasteiger partial charge in [-0.3, -0.25) is 0 Å². The number of aromatic carboxylic acids is 1. The summed E-state index contributed by atoms with van der Waals surface area (Å²) in [4.78, 5) is 15.9. The molecule has 1 heterocycles. The fourth-order valence-electron chi connectivity index (χ4n) is 2.02. The molecule has 2 rings (SSSR count). The maximum absolute atomic E-state index is 11.0. The summed E-state index contributed by atoms with van der Waals surface area (Å²) in [6.07, 6.45) is 0.0707. The number of hydrogen-bond acceptors (Lipinski definition) is 4. The highest BCUT2D eigenvalue weighted by Gasteiger charge is 2.13. The Bertz CT molecular complexity index is 633. The Kier molecular flexibility index (Phi) is 6.24. The normalized spacial score (nSPS) is 10.3. The van der Waals surface area contributed by atoms with Crippen molar-refractivity contribution in [1.82, 2.24) is 10.3 Å². The first kappa shape index (κ1) is 17.8. The van der Waals surface area contributed by atoms with Crippen LogP contribution >= 0.6 is 0 Å². The molecule has 1 aromatic heterocycles. The van der Waals surface area contributed by atoms with Gasteiger partial charge in [0.05, 0.1) is 11.6 Å². The number of anilines is 1. The number of fused-ring (bicyclic) bond motifs is 1. The third-order valence-electron chi connectivity index (χ3n) is 2.77. The highest BCUT2D eigenvalue weighted by molar-refractivity contribution is 6.00. The summed E-state index contributed by atoms with van der Waals surface area (Å²) in [6.45, 7) is 3.91. The van der Waals surface area contributed by atoms with Crippen LogP contribution in [-0.4, -0.2) is 50.4 Å². The molecule has 3 N–H and O–H groups in total. The number of ether oxygens (including phenoxy) is 1. The number of nitrogens with zero attached hydrogens (tertiary/aromatic N) is 1. The van der Waals surface area contributed by atoms with Gasteiger partial charge in [0.25, 0.3) is 0 Å². The summed E-state index contributed by atoms with van der Waals surface area (Å²) >= 11 is 0. The van der Waals surface area contributed by atoms with Gasteiger partial charge in [-0.25, -0.2) is 4.79 Å². The predicted octanol–water partition coefficient (Wildman–Crippen LogP) is 2.55. The van der Waals surface area contributed by atoms with Crippen LogP contribution in [0.3, 0.4) is 0 Å². The van der Waals surface area contributed by atoms with E-state index in [-0.39, 0.29) is 11.8 Å². The van der Waals surface area contributed by atoms with E-state index in [2.05, 4.69) is 10.3 Å². The number of H-pyrrole nitrogens is 1. The summed E-state index contributed by atoms with van der Waals surface area (Å²) in [7, 11) is 7.59. The summed E-state index contributed by atoms with van der Waals surface area (Å²) in [6, 6.07) is 5.39. The SMILES string of the molecule is CC(C)Oc1cc(N(C)C)c2cc(C(=O)O)[nH]c2c1.CNC. The van der Waals surface area contributed by atoms with E-state index in [0.717, 1.165) is 22.3 Å². The van der Waals surface area contributed by atoms with E-state index in [1.54, 1.807) is 6.07 Å². The van der Waals surface area contributed by atoms with Crippen molar-refractivity contribution in [3.05, 3.63) is 23.9 Å². The molecule has 2 aromatic rings. The lowest BCUT2D eigenvalue weighted by atomic mass is 10.2. The van der Waals surface area contributed by atoms with Gasteiger partial charge in [-0.15, -0.1) is 0 Å². The van der Waals surface area contributed by atoms with Gasteiger partial charge in [-0.1, -0.05) is 0 Å². The van der Waals surface area contributed by atoms with E-state index in [9.17, 15) is 4.79 Å². The zero-order valence-electron chi connectivity index (χ0n) is 14.0. The van der Waals surface area contributed by atoms with Gasteiger partial charge in [-0.2, -0.15) is 0 Å². The molecular formula is C16H25N3O3. The second-order valence-corrected chi connectivity index (χ2v) is 5.45. The molecule has 0 aliphatic carbocycles. The third kappa shape index (κ3) is 4.39. The molecule has 0 saturated heterocycles. The van der Waals surface area contributed by atoms with Crippen molar-refractivity contribution in [2.75, 3.05) is 33.1 Å². The molecule has 0 radical (unpaired) electrons. The molecule has 1 aromatic carbocycles. The Morgan fingerprint density at radius 3 is 2.32 bits per heavy atom. The van der Waals surface area contributed by atoms with E-state index in [0.29, 0.717) is 0 Å². The Labute approximate surface area is 131 Å². The van der Waals surface area contributed by atoms with Crippen LogP contribution in [0.1, 0.15) is 24.3 Å². The van der Waals surface area contributed by atoms with Crippen LogP contribution in [-0.2, 0) is 0 Å². The molecule has 0 atom stereocenters. The fourth-order valence-corrected chi connectivity index (χ4v) is 2.02. The second-order valence-electron chi connectivity index (χ2n) is 5.45. The number of aromatic amines is 1. The molecule has 6 heteroatoms. The molecule has 0 aliphatic heterocycles. The minimum absolute atomic E-state index is 0.0707. The van der Waals surface area contributed by atoms with Gasteiger partial charge in [0.1, 0.15) is 11.4 Å². The number of nitrogens with one attached hydrogen (secondary N) is 2. The first-order chi connectivity index (χ1) is 10.3. The van der Waals surface area contributed by atoms with Crippen molar-refractivity contribution in [1.29, 1.82) is 0 Å². The van der Waals surface area contributed by atoms with Crippen LogP contribution in [0.25, 0.3) is 10.9 Å². The molecule has 0 spiro atoms. The molecule has 0 aliphatic rings. The van der Waals surface area contributed by atoms with Crippen molar-refractivity contribution in [2.24, 2.45) is 0 Å². The minimum atomic E-state index is -0.966. The monoisotopic (exact) mass is 307 g/mol. The summed E-state index contributed by atoms with van der Waals surface area (Å²) in [5, 5.41) is 12.7. The van der Waals surface area contributed by atoms with E-state index in [4.69, 9.17) is 9.84 Å². The molecule has 0 amide bonds. The summed E-state index contributed by atoms with van der Waals surface area (Å²) in [5.74, 6) is -0.239. The van der Waals surface area contributed by atoms with Crippen LogP contribution in [0.4, 0.5) is 5.69 Å². The summed E-state index contributed by atoms with van der Waals surface area (Å²) in [5.41, 5.74) is 1.87. The Hall–Kier alpha value is -2.21. The number of carbonyl (C=O) groups is 1. The van der Waals surface area contributed by atoms with Gasteiger partial charge in [0.2, 0.25) is 0 Å². The third-order valence-corrected chi connectivity index (χ3v) is 2.77. The van der Waals surface area contributed by atoms with Crippen LogP contribution in [0.5, 0.6) is 5.75 Å². The number of aromatic nitrogens is 1. The molecule has 122 valence electrons. The van der Waals surface area contributed by atoms with Gasteiger partial charge in [-0.05, 0) is 34.0 Å². The lowest BCUT2D eigenvalue weighted by molar-refractivity contribution is 0.0691. The first-order valence-corrected chi connectivity index (χ1v) is 7.12. The minimum Gasteiger partial charge on any atom is -0.491 e. The molecule has 0 saturated carbocycles. The number of hydrogen-bond donors (Lipinski definition) is 3. The van der Waals surface area contributed by atoms with Crippen LogP contribution in [0, 0.1) is 0 Å². The van der Waals surface area contributed by atoms with Gasteiger partial charge in [0, 0.05) is 37.3 Å². The molecular weight excluding hydrogens is 282 g/mol. The van der Waals surface area contributed by atoms with Crippen molar-refractivity contribution in [3.8, 4) is 5.75 Å². The molecule has 6 nitrogen and oxygen atoms in total. The van der Waals surface area contributed by atoms with Gasteiger partial charge in [0.15, 0.2) is 0 Å². The predicted molar refractivity (Wildman–Crippen MR) is 90.3 cm³/mol. The molecule has 0 unspecified atom stereocenters. The average molecular weight is 307 g/mol. The quantitative estimate of drug-likeness (QED) is 0.809. The van der Waals surface area contributed by atoms with E-state index >= 15 is 0 Å². The Morgan fingerprint density at radius 2 is 1.86 bits per heavy atom. The fraction of sp³-hybridized carbons (Fsp3) is 0.438. The Morgan fingerprint density at radius 1 is 1.27 bits per heavy atom. The molecule has 0 bridgehead atoms. The maximum atomic E-state index is 11.0. The largest absolute Gasteiger partial charge is 0.491 e. The molecule has 22 heavy (non-hydrogen) atoms. The van der Waals surface area contributed by atoms with E-state index < -0.39 is 5.97 Å². The zero-order valence-corrected chi connectivity index (χ0v) is 14.0. The van der Waals surface area contributed by atoms with Crippen molar-refractivity contribution in [2.45, 2.75) is 20.0 Å². The van der Waals surface area contributed by atoms with Crippen LogP contribution < -0.4 is 15.0 Å². The lowest BCUT2D eigenvalue weighted by Crippen LogP contribution is -2.10. The van der Waals surface area contributed by atoms with E-state index in [1.165, 1.54) is 0 Å². The van der Waals surface area contributed by atoms with Crippen molar-refractivity contribution >= 4 is 22.6 Å². The van der Waals surface area contributed by atoms with Gasteiger partial charge < -0.3 is 25.0 Å². The van der Waals surface area contributed by atoms with Crippen LogP contribution in [0.2, 0.25) is 0 Å². The topological polar surface area (TPSA) is 77.6 Å². The summed E-state index contributed by atoms with van der Waals surface area (Å²) < 4.78 is 5.69. The molecule has 0 fully saturated rings. The zero-order chi connectivity index (χ0) is 16.9. The number of carboxylic acid groups (broad SMARTS) is 1. The maximum Gasteiger partial charge on any atom is 0.352 e. The van der Waals surface area contributed by atoms with Crippen molar-refractivity contribution in [3.63, 3.8) is 0 Å². The van der Waals surface area contributed by atoms with E-state index in [1.807, 2.05) is 59.1 Å². The van der Waals surface area contributed by atoms with Crippen molar-refractivity contribution < 1.29 is 14.6 Å².